The van der Waals surface area contributed by atoms with Gasteiger partial charge in [0.05, 0.1) is 23.9 Å². The molecule has 3 aromatic carbocycles. The van der Waals surface area contributed by atoms with Crippen LogP contribution in [0.5, 0.6) is 11.5 Å². The molecular weight excluding hydrogens is 432 g/mol. The maximum Gasteiger partial charge on any atom is 0.300 e. The van der Waals surface area contributed by atoms with Crippen LogP contribution < -0.4 is 9.64 Å². The maximum atomic E-state index is 14.7. The molecule has 168 valence electrons. The van der Waals surface area contributed by atoms with Crippen molar-refractivity contribution in [1.82, 2.24) is 0 Å². The van der Waals surface area contributed by atoms with Gasteiger partial charge in [-0.15, -0.1) is 0 Å². The Morgan fingerprint density at radius 3 is 2.52 bits per heavy atom. The molecule has 33 heavy (non-hydrogen) atoms. The average Bonchev–Trinajstić information content (AvgIpc) is 3.06. The predicted molar refractivity (Wildman–Crippen MR) is 117 cm³/mol. The second kappa shape index (κ2) is 8.74. The van der Waals surface area contributed by atoms with Gasteiger partial charge in [-0.1, -0.05) is 24.3 Å². The van der Waals surface area contributed by atoms with Crippen LogP contribution in [0.15, 0.2) is 72.3 Å². The molecule has 1 atom stereocenters. The van der Waals surface area contributed by atoms with Crippen LogP contribution in [-0.4, -0.2) is 28.5 Å². The minimum Gasteiger partial charge on any atom is -0.508 e. The van der Waals surface area contributed by atoms with Gasteiger partial charge >= 0.3 is 0 Å². The first-order valence-corrected chi connectivity index (χ1v) is 10.1. The van der Waals surface area contributed by atoms with Crippen molar-refractivity contribution in [3.05, 3.63) is 95.1 Å². The summed E-state index contributed by atoms with van der Waals surface area (Å²) in [6, 6.07) is 13.1. The third-order valence-corrected chi connectivity index (χ3v) is 5.22. The lowest BCUT2D eigenvalue weighted by atomic mass is 9.95. The zero-order valence-electron chi connectivity index (χ0n) is 17.5. The van der Waals surface area contributed by atoms with Crippen LogP contribution in [0, 0.1) is 11.6 Å². The number of halogens is 2. The van der Waals surface area contributed by atoms with Gasteiger partial charge in [-0.05, 0) is 48.9 Å². The van der Waals surface area contributed by atoms with E-state index < -0.39 is 40.8 Å². The van der Waals surface area contributed by atoms with Crippen LogP contribution in [0.1, 0.15) is 24.1 Å². The standard InChI is InChI=1S/C25H19F2NO5/c1-2-33-18-8-4-6-15(12-18)23(30)21-22(14-5-3-7-17(29)11-14)28(25(32)24(21)31)20-13-16(26)9-10-19(20)27/h3-13,22,29-30H,2H2,1H3/b23-21+. The van der Waals surface area contributed by atoms with E-state index in [9.17, 15) is 28.6 Å². The summed E-state index contributed by atoms with van der Waals surface area (Å²) in [7, 11) is 0. The van der Waals surface area contributed by atoms with Gasteiger partial charge in [0.25, 0.3) is 11.7 Å². The van der Waals surface area contributed by atoms with Crippen molar-refractivity contribution >= 4 is 23.1 Å². The number of ether oxygens (including phenoxy) is 1. The number of aliphatic hydroxyl groups is 1. The molecule has 0 radical (unpaired) electrons. The fourth-order valence-corrected chi connectivity index (χ4v) is 3.82. The van der Waals surface area contributed by atoms with Gasteiger partial charge in [-0.2, -0.15) is 0 Å². The van der Waals surface area contributed by atoms with Crippen molar-refractivity contribution in [1.29, 1.82) is 0 Å². The van der Waals surface area contributed by atoms with E-state index >= 15 is 0 Å². The minimum absolute atomic E-state index is 0.170. The molecule has 1 aliphatic rings. The number of ketones is 1. The van der Waals surface area contributed by atoms with E-state index in [1.54, 1.807) is 19.1 Å². The zero-order chi connectivity index (χ0) is 23.7. The number of nitrogens with zero attached hydrogens (tertiary/aromatic N) is 1. The van der Waals surface area contributed by atoms with E-state index in [2.05, 4.69) is 0 Å². The molecule has 0 aliphatic carbocycles. The summed E-state index contributed by atoms with van der Waals surface area (Å²) in [5, 5.41) is 21.1. The molecule has 1 saturated heterocycles. The maximum absolute atomic E-state index is 14.7. The Morgan fingerprint density at radius 1 is 1.03 bits per heavy atom. The SMILES string of the molecule is CCOc1cccc(/C(O)=C2\C(=O)C(=O)N(c3cc(F)ccc3F)C2c2cccc(O)c2)c1. The van der Waals surface area contributed by atoms with Gasteiger partial charge in [0.2, 0.25) is 0 Å². The van der Waals surface area contributed by atoms with Crippen molar-refractivity contribution in [3.8, 4) is 11.5 Å². The van der Waals surface area contributed by atoms with E-state index in [1.165, 1.54) is 36.4 Å². The van der Waals surface area contributed by atoms with Crippen LogP contribution in [0.2, 0.25) is 0 Å². The molecule has 0 saturated carbocycles. The first-order chi connectivity index (χ1) is 15.8. The lowest BCUT2D eigenvalue weighted by molar-refractivity contribution is -0.132. The van der Waals surface area contributed by atoms with Crippen molar-refractivity contribution in [2.24, 2.45) is 0 Å². The summed E-state index contributed by atoms with van der Waals surface area (Å²) in [5.41, 5.74) is -0.375. The number of Topliss-reactive ketones (excluding diaryl/α,β-unsaturated/α-hetero) is 1. The molecule has 3 aromatic rings. The molecule has 2 N–H and O–H groups in total. The second-order valence-corrected chi connectivity index (χ2v) is 7.32. The number of hydrogen-bond acceptors (Lipinski definition) is 5. The highest BCUT2D eigenvalue weighted by atomic mass is 19.1. The van der Waals surface area contributed by atoms with Crippen LogP contribution in [-0.2, 0) is 9.59 Å². The number of phenolic OH excluding ortho intramolecular Hbond substituents is 1. The smallest absolute Gasteiger partial charge is 0.300 e. The highest BCUT2D eigenvalue weighted by molar-refractivity contribution is 6.51. The number of rotatable bonds is 5. The molecule has 1 unspecified atom stereocenters. The molecule has 1 amide bonds. The molecule has 1 heterocycles. The third-order valence-electron chi connectivity index (χ3n) is 5.22. The molecule has 4 rings (SSSR count). The Bertz CT molecular complexity index is 1290. The monoisotopic (exact) mass is 451 g/mol. The van der Waals surface area contributed by atoms with E-state index in [4.69, 9.17) is 4.74 Å². The molecule has 6 nitrogen and oxygen atoms in total. The quantitative estimate of drug-likeness (QED) is 0.334. The molecule has 8 heteroatoms. The molecule has 0 aromatic heterocycles. The van der Waals surface area contributed by atoms with E-state index in [-0.39, 0.29) is 22.4 Å². The first-order valence-electron chi connectivity index (χ1n) is 10.1. The predicted octanol–water partition coefficient (Wildman–Crippen LogP) is 4.70. The van der Waals surface area contributed by atoms with Crippen LogP contribution in [0.4, 0.5) is 14.5 Å². The Morgan fingerprint density at radius 2 is 1.79 bits per heavy atom. The highest BCUT2D eigenvalue weighted by Crippen LogP contribution is 2.43. The molecule has 1 fully saturated rings. The number of carbonyl (C=O) groups is 2. The number of aromatic hydroxyl groups is 1. The average molecular weight is 451 g/mol. The number of hydrogen-bond donors (Lipinski definition) is 2. The summed E-state index contributed by atoms with van der Waals surface area (Å²) in [5.74, 6) is -4.21. The minimum atomic E-state index is -1.32. The first kappa shape index (κ1) is 22.0. The van der Waals surface area contributed by atoms with Gasteiger partial charge in [0, 0.05) is 11.6 Å². The summed E-state index contributed by atoms with van der Waals surface area (Å²) >= 11 is 0. The van der Waals surface area contributed by atoms with Crippen LogP contribution in [0.3, 0.4) is 0 Å². The normalized spacial score (nSPS) is 17.4. The van der Waals surface area contributed by atoms with E-state index in [0.29, 0.717) is 12.4 Å². The Labute approximate surface area is 188 Å². The van der Waals surface area contributed by atoms with Gasteiger partial charge in [-0.25, -0.2) is 8.78 Å². The Balaban J connectivity index is 1.96. The number of amides is 1. The van der Waals surface area contributed by atoms with Crippen molar-refractivity contribution in [2.45, 2.75) is 13.0 Å². The summed E-state index contributed by atoms with van der Waals surface area (Å²) in [6.07, 6.45) is 0. The highest BCUT2D eigenvalue weighted by Gasteiger charge is 2.48. The number of benzene rings is 3. The molecular formula is C25H19F2NO5. The van der Waals surface area contributed by atoms with Crippen molar-refractivity contribution < 1.29 is 33.3 Å². The fraction of sp³-hybridized carbons (Fsp3) is 0.120. The summed E-state index contributed by atoms with van der Waals surface area (Å²) in [4.78, 5) is 26.9. The Kier molecular flexibility index (Phi) is 5.83. The van der Waals surface area contributed by atoms with E-state index in [1.807, 2.05) is 0 Å². The van der Waals surface area contributed by atoms with Crippen molar-refractivity contribution in [2.75, 3.05) is 11.5 Å². The zero-order valence-corrected chi connectivity index (χ0v) is 17.5. The number of anilines is 1. The van der Waals surface area contributed by atoms with Gasteiger partial charge in [0.15, 0.2) is 0 Å². The third kappa shape index (κ3) is 4.03. The molecule has 0 spiro atoms. The van der Waals surface area contributed by atoms with Gasteiger partial charge < -0.3 is 14.9 Å². The number of phenols is 1. The van der Waals surface area contributed by atoms with Gasteiger partial charge in [0.1, 0.15) is 28.9 Å². The van der Waals surface area contributed by atoms with Crippen LogP contribution in [0.25, 0.3) is 5.76 Å². The number of aliphatic hydroxyl groups excluding tert-OH is 1. The lowest BCUT2D eigenvalue weighted by Crippen LogP contribution is -2.30. The number of carbonyl (C=O) groups excluding carboxylic acids is 2. The fourth-order valence-electron chi connectivity index (χ4n) is 3.82. The van der Waals surface area contributed by atoms with Gasteiger partial charge in [-0.3, -0.25) is 14.5 Å². The largest absolute Gasteiger partial charge is 0.508 e. The van der Waals surface area contributed by atoms with E-state index in [0.717, 1.165) is 23.1 Å². The summed E-state index contributed by atoms with van der Waals surface area (Å²) in [6.45, 7) is 2.16. The van der Waals surface area contributed by atoms with Crippen LogP contribution >= 0.6 is 0 Å². The second-order valence-electron chi connectivity index (χ2n) is 7.32. The summed E-state index contributed by atoms with van der Waals surface area (Å²) < 4.78 is 34.0. The van der Waals surface area contributed by atoms with Crippen molar-refractivity contribution in [3.63, 3.8) is 0 Å². The molecule has 1 aliphatic heterocycles. The topological polar surface area (TPSA) is 87.1 Å². The Hall–Kier alpha value is -4.20. The molecule has 0 bridgehead atoms. The lowest BCUT2D eigenvalue weighted by Gasteiger charge is -2.26.